The van der Waals surface area contributed by atoms with E-state index in [9.17, 15) is 4.79 Å². The molecular weight excluding hydrogens is 274 g/mol. The Morgan fingerprint density at radius 3 is 2.55 bits per heavy atom. The first-order valence-electron chi connectivity index (χ1n) is 7.90. The molecule has 0 atom stereocenters. The van der Waals surface area contributed by atoms with Gasteiger partial charge in [-0.2, -0.15) is 0 Å². The van der Waals surface area contributed by atoms with Crippen LogP contribution < -0.4 is 0 Å². The lowest BCUT2D eigenvalue weighted by molar-refractivity contribution is -0.141. The van der Waals surface area contributed by atoms with Crippen LogP contribution in [0.4, 0.5) is 0 Å². The van der Waals surface area contributed by atoms with E-state index in [0.717, 1.165) is 37.8 Å². The van der Waals surface area contributed by atoms with E-state index >= 15 is 0 Å². The van der Waals surface area contributed by atoms with E-state index in [4.69, 9.17) is 4.74 Å². The number of rotatable bonds is 8. The predicted octanol–water partition coefficient (Wildman–Crippen LogP) is 4.41. The summed E-state index contributed by atoms with van der Waals surface area (Å²) >= 11 is 0. The zero-order valence-corrected chi connectivity index (χ0v) is 13.1. The zero-order valence-electron chi connectivity index (χ0n) is 13.1. The molecule has 0 amide bonds. The van der Waals surface area contributed by atoms with Gasteiger partial charge in [-0.1, -0.05) is 43.2 Å². The number of carbonyl (C=O) groups is 1. The molecule has 22 heavy (non-hydrogen) atoms. The third kappa shape index (κ3) is 5.32. The van der Waals surface area contributed by atoms with Gasteiger partial charge in [0.1, 0.15) is 0 Å². The quantitative estimate of drug-likeness (QED) is 0.535. The monoisotopic (exact) mass is 297 g/mol. The van der Waals surface area contributed by atoms with Gasteiger partial charge in [-0.05, 0) is 37.0 Å². The Kier molecular flexibility index (Phi) is 6.62. The van der Waals surface area contributed by atoms with Gasteiger partial charge in [0.15, 0.2) is 0 Å². The molecule has 0 saturated carbocycles. The van der Waals surface area contributed by atoms with E-state index in [1.165, 1.54) is 18.1 Å². The third-order valence-electron chi connectivity index (χ3n) is 3.60. The van der Waals surface area contributed by atoms with Crippen molar-refractivity contribution in [3.63, 3.8) is 0 Å². The number of aromatic nitrogens is 1. The van der Waals surface area contributed by atoms with Crippen molar-refractivity contribution < 1.29 is 9.53 Å². The maximum absolute atomic E-state index is 10.7. The number of hydrogen-bond acceptors (Lipinski definition) is 3. The first kappa shape index (κ1) is 16.2. The SMILES string of the molecule is CC(=O)OCCCCCCc1ccccc1-c1ccccn1. The van der Waals surface area contributed by atoms with Gasteiger partial charge in [0.05, 0.1) is 12.3 Å². The van der Waals surface area contributed by atoms with Crippen LogP contribution in [0.25, 0.3) is 11.3 Å². The summed E-state index contributed by atoms with van der Waals surface area (Å²) in [4.78, 5) is 15.1. The minimum absolute atomic E-state index is 0.190. The van der Waals surface area contributed by atoms with E-state index in [0.29, 0.717) is 6.61 Å². The second-order valence-electron chi connectivity index (χ2n) is 5.38. The van der Waals surface area contributed by atoms with Crippen molar-refractivity contribution in [2.75, 3.05) is 6.61 Å². The number of pyridine rings is 1. The normalized spacial score (nSPS) is 10.4. The highest BCUT2D eigenvalue weighted by molar-refractivity contribution is 5.65. The summed E-state index contributed by atoms with van der Waals surface area (Å²) in [7, 11) is 0. The van der Waals surface area contributed by atoms with Crippen molar-refractivity contribution in [2.24, 2.45) is 0 Å². The summed E-state index contributed by atoms with van der Waals surface area (Å²) in [6, 6.07) is 14.5. The fraction of sp³-hybridized carbons (Fsp3) is 0.368. The van der Waals surface area contributed by atoms with Gasteiger partial charge in [-0.25, -0.2) is 0 Å². The van der Waals surface area contributed by atoms with Crippen LogP contribution in [0.5, 0.6) is 0 Å². The van der Waals surface area contributed by atoms with Gasteiger partial charge in [0, 0.05) is 18.7 Å². The molecule has 1 aromatic heterocycles. The maximum Gasteiger partial charge on any atom is 0.302 e. The summed E-state index contributed by atoms with van der Waals surface area (Å²) < 4.78 is 4.94. The average Bonchev–Trinajstić information content (AvgIpc) is 2.55. The number of aryl methyl sites for hydroxylation is 1. The van der Waals surface area contributed by atoms with Gasteiger partial charge < -0.3 is 4.74 Å². The second-order valence-corrected chi connectivity index (χ2v) is 5.38. The molecule has 0 aliphatic rings. The fourth-order valence-corrected chi connectivity index (χ4v) is 2.50. The highest BCUT2D eigenvalue weighted by atomic mass is 16.5. The molecule has 0 fully saturated rings. The molecule has 0 N–H and O–H groups in total. The largest absolute Gasteiger partial charge is 0.466 e. The topological polar surface area (TPSA) is 39.2 Å². The van der Waals surface area contributed by atoms with Crippen molar-refractivity contribution in [1.82, 2.24) is 4.98 Å². The lowest BCUT2D eigenvalue weighted by atomic mass is 9.98. The summed E-state index contributed by atoms with van der Waals surface area (Å²) in [6.07, 6.45) is 7.23. The molecular formula is C19H23NO2. The molecule has 2 rings (SSSR count). The number of unbranched alkanes of at least 4 members (excludes halogenated alkanes) is 3. The Morgan fingerprint density at radius 1 is 1.00 bits per heavy atom. The number of nitrogens with zero attached hydrogens (tertiary/aromatic N) is 1. The van der Waals surface area contributed by atoms with Crippen LogP contribution >= 0.6 is 0 Å². The van der Waals surface area contributed by atoms with E-state index in [1.807, 2.05) is 18.3 Å². The summed E-state index contributed by atoms with van der Waals surface area (Å²) in [6.45, 7) is 1.99. The Hall–Kier alpha value is -2.16. The van der Waals surface area contributed by atoms with Gasteiger partial charge in [0.25, 0.3) is 0 Å². The van der Waals surface area contributed by atoms with Crippen molar-refractivity contribution in [3.05, 3.63) is 54.2 Å². The molecule has 0 bridgehead atoms. The van der Waals surface area contributed by atoms with Crippen LogP contribution in [0.2, 0.25) is 0 Å². The number of esters is 1. The lowest BCUT2D eigenvalue weighted by Gasteiger charge is -2.09. The van der Waals surface area contributed by atoms with Gasteiger partial charge >= 0.3 is 5.97 Å². The van der Waals surface area contributed by atoms with Gasteiger partial charge in [-0.3, -0.25) is 9.78 Å². The number of hydrogen-bond donors (Lipinski definition) is 0. The zero-order chi connectivity index (χ0) is 15.6. The Bertz CT molecular complexity index is 581. The highest BCUT2D eigenvalue weighted by Crippen LogP contribution is 2.23. The van der Waals surface area contributed by atoms with E-state index in [1.54, 1.807) is 0 Å². The van der Waals surface area contributed by atoms with Crippen LogP contribution in [-0.2, 0) is 16.0 Å². The number of carbonyl (C=O) groups excluding carboxylic acids is 1. The summed E-state index contributed by atoms with van der Waals surface area (Å²) in [5, 5.41) is 0. The Morgan fingerprint density at radius 2 is 1.77 bits per heavy atom. The number of benzene rings is 1. The molecule has 0 aliphatic carbocycles. The first-order chi connectivity index (χ1) is 10.8. The average molecular weight is 297 g/mol. The van der Waals surface area contributed by atoms with Crippen molar-refractivity contribution in [1.29, 1.82) is 0 Å². The molecule has 0 unspecified atom stereocenters. The van der Waals surface area contributed by atoms with Crippen LogP contribution in [0.3, 0.4) is 0 Å². The first-order valence-corrected chi connectivity index (χ1v) is 7.90. The molecule has 3 nitrogen and oxygen atoms in total. The molecule has 1 heterocycles. The minimum Gasteiger partial charge on any atom is -0.466 e. The summed E-state index contributed by atoms with van der Waals surface area (Å²) in [5.74, 6) is -0.190. The Labute approximate surface area is 132 Å². The second kappa shape index (κ2) is 8.98. The fourth-order valence-electron chi connectivity index (χ4n) is 2.50. The van der Waals surface area contributed by atoms with Crippen LogP contribution in [0.1, 0.15) is 38.2 Å². The van der Waals surface area contributed by atoms with Crippen molar-refractivity contribution in [3.8, 4) is 11.3 Å². The molecule has 3 heteroatoms. The van der Waals surface area contributed by atoms with Crippen LogP contribution in [-0.4, -0.2) is 17.6 Å². The van der Waals surface area contributed by atoms with E-state index < -0.39 is 0 Å². The maximum atomic E-state index is 10.7. The van der Waals surface area contributed by atoms with Gasteiger partial charge in [0.2, 0.25) is 0 Å². The predicted molar refractivity (Wildman–Crippen MR) is 88.5 cm³/mol. The summed E-state index contributed by atoms with van der Waals surface area (Å²) in [5.41, 5.74) is 3.61. The molecule has 0 saturated heterocycles. The van der Waals surface area contributed by atoms with Crippen molar-refractivity contribution in [2.45, 2.75) is 39.0 Å². The molecule has 0 spiro atoms. The van der Waals surface area contributed by atoms with E-state index in [-0.39, 0.29) is 5.97 Å². The third-order valence-corrected chi connectivity index (χ3v) is 3.60. The smallest absolute Gasteiger partial charge is 0.302 e. The van der Waals surface area contributed by atoms with Crippen LogP contribution in [0.15, 0.2) is 48.7 Å². The standard InChI is InChI=1S/C19H23NO2/c1-16(21)22-15-9-3-2-4-10-17-11-5-6-12-18(17)19-13-7-8-14-20-19/h5-8,11-14H,2-4,9-10,15H2,1H3. The molecule has 2 aromatic rings. The van der Waals surface area contributed by atoms with E-state index in [2.05, 4.69) is 35.3 Å². The highest BCUT2D eigenvalue weighted by Gasteiger charge is 2.05. The lowest BCUT2D eigenvalue weighted by Crippen LogP contribution is -2.00. The molecule has 0 radical (unpaired) electrons. The van der Waals surface area contributed by atoms with Crippen molar-refractivity contribution >= 4 is 5.97 Å². The van der Waals surface area contributed by atoms with Gasteiger partial charge in [-0.15, -0.1) is 0 Å². The molecule has 1 aromatic carbocycles. The Balaban J connectivity index is 1.80. The number of ether oxygens (including phenoxy) is 1. The van der Waals surface area contributed by atoms with Crippen LogP contribution in [0, 0.1) is 0 Å². The minimum atomic E-state index is -0.190. The molecule has 0 aliphatic heterocycles. The molecule has 116 valence electrons.